The molecule has 0 aromatic heterocycles. The molecule has 23 heavy (non-hydrogen) atoms. The number of aliphatic hydroxyl groups is 2. The minimum Gasteiger partial charge on any atom is -0.508 e. The number of phenolic OH excluding ortho intramolecular Hbond substituents is 1. The van der Waals surface area contributed by atoms with Crippen molar-refractivity contribution in [3.05, 3.63) is 65.7 Å². The number of rotatable bonds is 8. The Morgan fingerprint density at radius 3 is 2.35 bits per heavy atom. The predicted molar refractivity (Wildman–Crippen MR) is 91.2 cm³/mol. The van der Waals surface area contributed by atoms with Gasteiger partial charge in [-0.1, -0.05) is 55.5 Å². The van der Waals surface area contributed by atoms with Gasteiger partial charge in [-0.2, -0.15) is 0 Å². The van der Waals surface area contributed by atoms with Gasteiger partial charge < -0.3 is 20.6 Å². The molecule has 0 saturated carbocycles. The maximum Gasteiger partial charge on any atom is 0.118 e. The van der Waals surface area contributed by atoms with Crippen LogP contribution in [0.3, 0.4) is 0 Å². The Morgan fingerprint density at radius 1 is 1.04 bits per heavy atom. The van der Waals surface area contributed by atoms with E-state index >= 15 is 0 Å². The molecule has 124 valence electrons. The van der Waals surface area contributed by atoms with Crippen LogP contribution in [0, 0.1) is 0 Å². The Morgan fingerprint density at radius 2 is 1.70 bits per heavy atom. The second kappa shape index (κ2) is 8.11. The number of hydrogen-bond acceptors (Lipinski definition) is 4. The fourth-order valence-electron chi connectivity index (χ4n) is 2.61. The van der Waals surface area contributed by atoms with Crippen LogP contribution in [0.15, 0.2) is 54.6 Å². The lowest BCUT2D eigenvalue weighted by atomic mass is 9.86. The molecule has 0 fully saturated rings. The molecule has 2 unspecified atom stereocenters. The average molecular weight is 315 g/mol. The molecule has 2 atom stereocenters. The minimum absolute atomic E-state index is 0.142. The highest BCUT2D eigenvalue weighted by molar-refractivity contribution is 5.33. The Hall–Kier alpha value is -1.88. The highest BCUT2D eigenvalue weighted by Crippen LogP contribution is 2.26. The van der Waals surface area contributed by atoms with Gasteiger partial charge >= 0.3 is 0 Å². The first-order chi connectivity index (χ1) is 11.0. The van der Waals surface area contributed by atoms with Crippen LogP contribution in [0.5, 0.6) is 5.75 Å². The van der Waals surface area contributed by atoms with E-state index < -0.39 is 11.7 Å². The molecule has 0 aliphatic heterocycles. The summed E-state index contributed by atoms with van der Waals surface area (Å²) in [5.74, 6) is 0.142. The molecule has 0 bridgehead atoms. The normalized spacial score (nSPS) is 15.1. The molecule has 4 nitrogen and oxygen atoms in total. The molecule has 2 rings (SSSR count). The van der Waals surface area contributed by atoms with E-state index in [-0.39, 0.29) is 18.7 Å². The second-order valence-electron chi connectivity index (χ2n) is 5.89. The lowest BCUT2D eigenvalue weighted by Gasteiger charge is -2.32. The number of nitrogens with one attached hydrogen (secondary N) is 1. The average Bonchev–Trinajstić information content (AvgIpc) is 2.57. The summed E-state index contributed by atoms with van der Waals surface area (Å²) in [6, 6.07) is 16.8. The summed E-state index contributed by atoms with van der Waals surface area (Å²) in [6.07, 6.45) is -0.310. The summed E-state index contributed by atoms with van der Waals surface area (Å²) >= 11 is 0. The van der Waals surface area contributed by atoms with Crippen LogP contribution in [-0.4, -0.2) is 33.6 Å². The lowest BCUT2D eigenvalue weighted by Crippen LogP contribution is -2.48. The Kier molecular flexibility index (Phi) is 6.16. The first kappa shape index (κ1) is 17.5. The van der Waals surface area contributed by atoms with E-state index in [1.54, 1.807) is 18.2 Å². The fourth-order valence-corrected chi connectivity index (χ4v) is 2.61. The molecule has 4 heteroatoms. The van der Waals surface area contributed by atoms with E-state index in [9.17, 15) is 15.3 Å². The molecule has 2 aromatic carbocycles. The van der Waals surface area contributed by atoms with Crippen molar-refractivity contribution in [2.75, 3.05) is 6.54 Å². The van der Waals surface area contributed by atoms with Gasteiger partial charge in [0.1, 0.15) is 5.75 Å². The number of aliphatic hydroxyl groups excluding tert-OH is 1. The standard InChI is InChI=1S/C19H25NO3/c1-2-19(23,12-16-10-6-7-11-17(16)21)18(22)14-20-13-15-8-4-3-5-9-15/h3-11,18,20-23H,2,12-14H2,1H3. The van der Waals surface area contributed by atoms with Crippen molar-refractivity contribution in [3.8, 4) is 5.75 Å². The van der Waals surface area contributed by atoms with E-state index in [2.05, 4.69) is 5.32 Å². The van der Waals surface area contributed by atoms with Crippen molar-refractivity contribution in [1.82, 2.24) is 5.32 Å². The van der Waals surface area contributed by atoms with Gasteiger partial charge in [-0.15, -0.1) is 0 Å². The van der Waals surface area contributed by atoms with Crippen molar-refractivity contribution in [2.45, 2.75) is 38.0 Å². The first-order valence-corrected chi connectivity index (χ1v) is 7.97. The largest absolute Gasteiger partial charge is 0.508 e. The molecular weight excluding hydrogens is 290 g/mol. The van der Waals surface area contributed by atoms with Crippen molar-refractivity contribution in [1.29, 1.82) is 0 Å². The van der Waals surface area contributed by atoms with E-state index in [0.29, 0.717) is 18.5 Å². The number of benzene rings is 2. The zero-order chi connectivity index (χ0) is 16.7. The second-order valence-corrected chi connectivity index (χ2v) is 5.89. The van der Waals surface area contributed by atoms with Gasteiger partial charge in [-0.3, -0.25) is 0 Å². The number of phenols is 1. The summed E-state index contributed by atoms with van der Waals surface area (Å²) in [5, 5.41) is 34.2. The Balaban J connectivity index is 1.94. The molecule has 0 heterocycles. The van der Waals surface area contributed by atoms with Crippen LogP contribution < -0.4 is 5.32 Å². The number of para-hydroxylation sites is 1. The van der Waals surface area contributed by atoms with E-state index in [0.717, 1.165) is 5.56 Å². The van der Waals surface area contributed by atoms with Crippen LogP contribution in [0.25, 0.3) is 0 Å². The zero-order valence-electron chi connectivity index (χ0n) is 13.4. The van der Waals surface area contributed by atoms with Gasteiger partial charge in [0.2, 0.25) is 0 Å². The number of hydrogen-bond donors (Lipinski definition) is 4. The van der Waals surface area contributed by atoms with Crippen LogP contribution in [0.1, 0.15) is 24.5 Å². The minimum atomic E-state index is -1.28. The van der Waals surface area contributed by atoms with Crippen LogP contribution in [0.2, 0.25) is 0 Å². The van der Waals surface area contributed by atoms with Gasteiger partial charge in [0.15, 0.2) is 0 Å². The van der Waals surface area contributed by atoms with Crippen LogP contribution in [-0.2, 0) is 13.0 Å². The summed E-state index contributed by atoms with van der Waals surface area (Å²) in [6.45, 7) is 2.75. The van der Waals surface area contributed by atoms with Gasteiger partial charge in [-0.25, -0.2) is 0 Å². The van der Waals surface area contributed by atoms with E-state index in [4.69, 9.17) is 0 Å². The SMILES string of the molecule is CCC(O)(Cc1ccccc1O)C(O)CNCc1ccccc1. The predicted octanol–water partition coefficient (Wildman–Crippen LogP) is 2.23. The maximum atomic E-state index is 10.8. The molecular formula is C19H25NO3. The Labute approximate surface area is 137 Å². The van der Waals surface area contributed by atoms with Gasteiger partial charge in [0.25, 0.3) is 0 Å². The topological polar surface area (TPSA) is 72.7 Å². The van der Waals surface area contributed by atoms with Crippen molar-refractivity contribution >= 4 is 0 Å². The highest BCUT2D eigenvalue weighted by Gasteiger charge is 2.34. The molecule has 0 spiro atoms. The first-order valence-electron chi connectivity index (χ1n) is 7.97. The summed E-state index contributed by atoms with van der Waals surface area (Å²) in [4.78, 5) is 0. The lowest BCUT2D eigenvalue weighted by molar-refractivity contribution is -0.0757. The van der Waals surface area contributed by atoms with Crippen molar-refractivity contribution in [2.24, 2.45) is 0 Å². The summed E-state index contributed by atoms with van der Waals surface area (Å²) in [5.41, 5.74) is 0.488. The van der Waals surface area contributed by atoms with E-state index in [1.165, 1.54) is 0 Å². The Bertz CT molecular complexity index is 603. The molecule has 0 aliphatic rings. The fraction of sp³-hybridized carbons (Fsp3) is 0.368. The van der Waals surface area contributed by atoms with E-state index in [1.807, 2.05) is 43.3 Å². The third kappa shape index (κ3) is 4.79. The molecule has 2 aromatic rings. The highest BCUT2D eigenvalue weighted by atomic mass is 16.3. The third-order valence-electron chi connectivity index (χ3n) is 4.23. The van der Waals surface area contributed by atoms with Crippen LogP contribution >= 0.6 is 0 Å². The molecule has 0 aliphatic carbocycles. The van der Waals surface area contributed by atoms with Gasteiger partial charge in [-0.05, 0) is 23.6 Å². The smallest absolute Gasteiger partial charge is 0.118 e. The maximum absolute atomic E-state index is 10.8. The molecule has 0 amide bonds. The molecule has 0 radical (unpaired) electrons. The van der Waals surface area contributed by atoms with Gasteiger partial charge in [0.05, 0.1) is 11.7 Å². The van der Waals surface area contributed by atoms with Crippen molar-refractivity contribution < 1.29 is 15.3 Å². The van der Waals surface area contributed by atoms with Crippen molar-refractivity contribution in [3.63, 3.8) is 0 Å². The monoisotopic (exact) mass is 315 g/mol. The zero-order valence-corrected chi connectivity index (χ0v) is 13.4. The van der Waals surface area contributed by atoms with Gasteiger partial charge in [0, 0.05) is 19.5 Å². The van der Waals surface area contributed by atoms with Crippen LogP contribution in [0.4, 0.5) is 0 Å². The quantitative estimate of drug-likeness (QED) is 0.603. The number of aromatic hydroxyl groups is 1. The summed E-state index contributed by atoms with van der Waals surface area (Å²) in [7, 11) is 0. The third-order valence-corrected chi connectivity index (χ3v) is 4.23. The molecule has 4 N–H and O–H groups in total. The molecule has 0 saturated heterocycles. The summed E-state index contributed by atoms with van der Waals surface area (Å²) < 4.78 is 0.